The molecule has 3 aliphatic rings. The lowest BCUT2D eigenvalue weighted by atomic mass is 9.63. The van der Waals surface area contributed by atoms with Crippen molar-refractivity contribution in [1.29, 1.82) is 0 Å². The second kappa shape index (κ2) is 11.0. The van der Waals surface area contributed by atoms with Crippen molar-refractivity contribution in [3.8, 4) is 0 Å². The molecule has 2 fully saturated rings. The van der Waals surface area contributed by atoms with Crippen molar-refractivity contribution in [2.24, 2.45) is 27.0 Å². The number of rotatable bonds is 6. The predicted molar refractivity (Wildman–Crippen MR) is 139 cm³/mol. The number of benzene rings is 1. The summed E-state index contributed by atoms with van der Waals surface area (Å²) in [5.74, 6) is -0.847. The highest BCUT2D eigenvalue weighted by atomic mass is 19.1. The molecule has 1 saturated heterocycles. The van der Waals surface area contributed by atoms with Crippen LogP contribution in [0.1, 0.15) is 52.5 Å². The van der Waals surface area contributed by atoms with E-state index in [1.54, 1.807) is 6.92 Å². The Balaban J connectivity index is 1.51. The molecule has 1 aromatic rings. The van der Waals surface area contributed by atoms with Gasteiger partial charge in [0.15, 0.2) is 0 Å². The van der Waals surface area contributed by atoms with Crippen molar-refractivity contribution >= 4 is 17.5 Å². The van der Waals surface area contributed by atoms with Crippen LogP contribution in [0, 0.1) is 28.4 Å². The summed E-state index contributed by atoms with van der Waals surface area (Å²) in [4.78, 5) is 30.9. The average Bonchev–Trinajstić information content (AvgIpc) is 3.12. The van der Waals surface area contributed by atoms with Gasteiger partial charge < -0.3 is 9.80 Å². The van der Waals surface area contributed by atoms with Crippen LogP contribution in [-0.4, -0.2) is 78.9 Å². The maximum Gasteiger partial charge on any atom is 0.236 e. The summed E-state index contributed by atoms with van der Waals surface area (Å²) in [6.45, 7) is 12.6. The van der Waals surface area contributed by atoms with Crippen molar-refractivity contribution < 1.29 is 18.4 Å². The van der Waals surface area contributed by atoms with E-state index in [2.05, 4.69) is 29.0 Å². The fraction of sp³-hybridized carbons (Fsp3) is 0.643. The van der Waals surface area contributed by atoms with E-state index in [1.165, 1.54) is 18.2 Å². The molecule has 1 aliphatic carbocycles. The third-order valence-electron chi connectivity index (χ3n) is 9.13. The van der Waals surface area contributed by atoms with Crippen LogP contribution in [0.5, 0.6) is 0 Å². The van der Waals surface area contributed by atoms with Gasteiger partial charge in [-0.15, -0.1) is 0 Å². The zero-order valence-corrected chi connectivity index (χ0v) is 22.5. The highest BCUT2D eigenvalue weighted by Crippen LogP contribution is 2.58. The molecule has 2 bridgehead atoms. The molecule has 1 aromatic carbocycles. The number of carbonyl (C=O) groups is 2. The zero-order chi connectivity index (χ0) is 26.8. The number of nitrogens with zero attached hydrogens (tertiary/aromatic N) is 5. The van der Waals surface area contributed by atoms with Crippen molar-refractivity contribution in [1.82, 2.24) is 14.7 Å². The summed E-state index contributed by atoms with van der Waals surface area (Å²) < 4.78 is 29.0. The summed E-state index contributed by atoms with van der Waals surface area (Å²) in [5, 5.41) is 8.82. The SMILES string of the molecule is CCN(C[C@@]12CC[C@@H](C/C=C(/c3c(F)cccc3F)N=NC1)C2(C)C)C(=O)CN1CCN(C(C)=O)CC1. The van der Waals surface area contributed by atoms with E-state index in [1.807, 2.05) is 22.8 Å². The summed E-state index contributed by atoms with van der Waals surface area (Å²) in [5.41, 5.74) is -0.322. The molecular weight excluding hydrogens is 476 g/mol. The Kier molecular flexibility index (Phi) is 8.11. The van der Waals surface area contributed by atoms with E-state index < -0.39 is 11.6 Å². The molecule has 0 radical (unpaired) electrons. The van der Waals surface area contributed by atoms with Gasteiger partial charge in [-0.1, -0.05) is 26.0 Å². The number of likely N-dealkylation sites (N-methyl/N-ethyl adjacent to an activating group) is 1. The molecule has 2 heterocycles. The van der Waals surface area contributed by atoms with Crippen LogP contribution in [0.15, 0.2) is 34.5 Å². The second-order valence-corrected chi connectivity index (χ2v) is 11.2. The predicted octanol–water partition coefficient (Wildman–Crippen LogP) is 4.60. The Morgan fingerprint density at radius 1 is 1.14 bits per heavy atom. The molecule has 4 rings (SSSR count). The normalized spacial score (nSPS) is 27.1. The Labute approximate surface area is 218 Å². The van der Waals surface area contributed by atoms with Gasteiger partial charge in [-0.2, -0.15) is 10.2 Å². The van der Waals surface area contributed by atoms with Crippen molar-refractivity contribution in [3.63, 3.8) is 0 Å². The molecule has 2 amide bonds. The molecule has 9 heteroatoms. The van der Waals surface area contributed by atoms with Gasteiger partial charge >= 0.3 is 0 Å². The number of hydrogen-bond acceptors (Lipinski definition) is 5. The van der Waals surface area contributed by atoms with E-state index in [0.717, 1.165) is 12.8 Å². The first-order valence-corrected chi connectivity index (χ1v) is 13.4. The number of halogens is 2. The zero-order valence-electron chi connectivity index (χ0n) is 22.5. The minimum absolute atomic E-state index is 0.0723. The fourth-order valence-corrected chi connectivity index (χ4v) is 6.28. The summed E-state index contributed by atoms with van der Waals surface area (Å²) >= 11 is 0. The quantitative estimate of drug-likeness (QED) is 0.556. The minimum Gasteiger partial charge on any atom is -0.341 e. The maximum atomic E-state index is 14.5. The van der Waals surface area contributed by atoms with Crippen LogP contribution in [-0.2, 0) is 9.59 Å². The molecule has 2 atom stereocenters. The Hall–Kier alpha value is -2.68. The van der Waals surface area contributed by atoms with E-state index in [0.29, 0.717) is 58.8 Å². The Morgan fingerprint density at radius 2 is 1.81 bits per heavy atom. The van der Waals surface area contributed by atoms with Gasteiger partial charge in [0, 0.05) is 51.6 Å². The van der Waals surface area contributed by atoms with Gasteiger partial charge in [-0.3, -0.25) is 14.5 Å². The van der Waals surface area contributed by atoms with Gasteiger partial charge in [0.25, 0.3) is 0 Å². The van der Waals surface area contributed by atoms with Gasteiger partial charge in [0.2, 0.25) is 11.8 Å². The average molecular weight is 516 g/mol. The summed E-state index contributed by atoms with van der Waals surface area (Å²) in [7, 11) is 0. The largest absolute Gasteiger partial charge is 0.341 e. The highest BCUT2D eigenvalue weighted by Gasteiger charge is 2.55. The van der Waals surface area contributed by atoms with Gasteiger partial charge in [0.05, 0.1) is 24.4 Å². The Bertz CT molecular complexity index is 1060. The van der Waals surface area contributed by atoms with Gasteiger partial charge in [-0.25, -0.2) is 8.78 Å². The van der Waals surface area contributed by atoms with Crippen LogP contribution >= 0.6 is 0 Å². The molecule has 202 valence electrons. The van der Waals surface area contributed by atoms with Crippen molar-refractivity contribution in [2.45, 2.75) is 47.0 Å². The molecule has 37 heavy (non-hydrogen) atoms. The van der Waals surface area contributed by atoms with Crippen LogP contribution in [0.4, 0.5) is 8.78 Å². The summed E-state index contributed by atoms with van der Waals surface area (Å²) in [6, 6.07) is 3.83. The number of allylic oxidation sites excluding steroid dienone is 1. The number of fused-ring (bicyclic) bond motifs is 2. The molecular formula is C28H39F2N5O2. The van der Waals surface area contributed by atoms with Crippen LogP contribution < -0.4 is 0 Å². The molecule has 0 N–H and O–H groups in total. The number of amides is 2. The van der Waals surface area contributed by atoms with Gasteiger partial charge in [0.1, 0.15) is 11.6 Å². The molecule has 0 unspecified atom stereocenters. The molecule has 2 aliphatic heterocycles. The monoisotopic (exact) mass is 515 g/mol. The lowest BCUT2D eigenvalue weighted by Gasteiger charge is -2.46. The number of piperazine rings is 1. The lowest BCUT2D eigenvalue weighted by Crippen LogP contribution is -2.53. The molecule has 7 nitrogen and oxygen atoms in total. The molecule has 0 aromatic heterocycles. The first-order chi connectivity index (χ1) is 17.6. The topological polar surface area (TPSA) is 68.6 Å². The number of hydrogen-bond donors (Lipinski definition) is 0. The molecule has 1 saturated carbocycles. The van der Waals surface area contributed by atoms with E-state index in [9.17, 15) is 18.4 Å². The standard InChI is InChI=1S/C28H39F2N5O2/c1-5-34(25(37)17-33-13-15-35(16-14-33)20(2)36)19-28-12-11-21(27(28,3)4)9-10-24(32-31-18-28)26-22(29)7-6-8-23(26)30/h6-8,10,21H,5,9,11-19H2,1-4H3/b24-10-,32-31?/t21-,28-/m1/s1. The summed E-state index contributed by atoms with van der Waals surface area (Å²) in [6.07, 6.45) is 4.35. The maximum absolute atomic E-state index is 14.5. The third kappa shape index (κ3) is 5.47. The first kappa shape index (κ1) is 27.4. The van der Waals surface area contributed by atoms with E-state index >= 15 is 0 Å². The van der Waals surface area contributed by atoms with Crippen LogP contribution in [0.25, 0.3) is 5.70 Å². The first-order valence-electron chi connectivity index (χ1n) is 13.4. The number of azo groups is 1. The number of carbonyl (C=O) groups excluding carboxylic acids is 2. The highest BCUT2D eigenvalue weighted by molar-refractivity contribution is 5.78. The van der Waals surface area contributed by atoms with Gasteiger partial charge in [-0.05, 0) is 49.7 Å². The van der Waals surface area contributed by atoms with Crippen molar-refractivity contribution in [3.05, 3.63) is 41.5 Å². The minimum atomic E-state index is -0.643. The lowest BCUT2D eigenvalue weighted by molar-refractivity contribution is -0.136. The van der Waals surface area contributed by atoms with E-state index in [4.69, 9.17) is 0 Å². The van der Waals surface area contributed by atoms with Crippen LogP contribution in [0.3, 0.4) is 0 Å². The third-order valence-corrected chi connectivity index (χ3v) is 9.13. The van der Waals surface area contributed by atoms with Crippen molar-refractivity contribution in [2.75, 3.05) is 52.4 Å². The van der Waals surface area contributed by atoms with Crippen LogP contribution in [0.2, 0.25) is 0 Å². The Morgan fingerprint density at radius 3 is 2.43 bits per heavy atom. The fourth-order valence-electron chi connectivity index (χ4n) is 6.28. The smallest absolute Gasteiger partial charge is 0.236 e. The second-order valence-electron chi connectivity index (χ2n) is 11.2. The van der Waals surface area contributed by atoms with E-state index in [-0.39, 0.29) is 39.8 Å². The molecule has 0 spiro atoms.